The van der Waals surface area contributed by atoms with E-state index in [1.807, 2.05) is 78.9 Å². The summed E-state index contributed by atoms with van der Waals surface area (Å²) in [6, 6.07) is 25.8. The molecule has 0 radical (unpaired) electrons. The molecule has 0 aliphatic rings. The lowest BCUT2D eigenvalue weighted by atomic mass is 10.2. The highest BCUT2D eigenvalue weighted by Gasteiger charge is 2.04. The zero-order valence-electron chi connectivity index (χ0n) is 13.6. The van der Waals surface area contributed by atoms with Gasteiger partial charge in [-0.2, -0.15) is 0 Å². The summed E-state index contributed by atoms with van der Waals surface area (Å²) in [5.41, 5.74) is 3.07. The molecule has 0 aromatic heterocycles. The van der Waals surface area contributed by atoms with Crippen LogP contribution < -0.4 is 9.47 Å². The number of ether oxygens (including phenoxy) is 2. The van der Waals surface area contributed by atoms with Crippen molar-refractivity contribution in [1.29, 1.82) is 0 Å². The van der Waals surface area contributed by atoms with Crippen molar-refractivity contribution in [2.24, 2.45) is 0 Å². The SMILES string of the molecule is BrC#Cc1cc(OCc2ccccc2)cc(OCc2ccccc2)c1. The Bertz CT molecular complexity index is 803. The summed E-state index contributed by atoms with van der Waals surface area (Å²) >= 11 is 3.14. The van der Waals surface area contributed by atoms with Gasteiger partial charge in [-0.25, -0.2) is 0 Å². The number of hydrogen-bond acceptors (Lipinski definition) is 2. The molecule has 0 unspecified atom stereocenters. The van der Waals surface area contributed by atoms with Crippen LogP contribution in [0.15, 0.2) is 78.9 Å². The Hall–Kier alpha value is -2.70. The van der Waals surface area contributed by atoms with E-state index in [9.17, 15) is 0 Å². The molecule has 0 bridgehead atoms. The van der Waals surface area contributed by atoms with E-state index < -0.39 is 0 Å². The fourth-order valence-corrected chi connectivity index (χ4v) is 2.58. The second-order valence-electron chi connectivity index (χ2n) is 5.46. The Balaban J connectivity index is 1.73. The van der Waals surface area contributed by atoms with Gasteiger partial charge in [0.1, 0.15) is 24.7 Å². The lowest BCUT2D eigenvalue weighted by Crippen LogP contribution is -1.98. The largest absolute Gasteiger partial charge is 0.489 e. The van der Waals surface area contributed by atoms with Crippen LogP contribution in [0.4, 0.5) is 0 Å². The molecule has 3 heteroatoms. The Morgan fingerprint density at radius 2 is 1.16 bits per heavy atom. The van der Waals surface area contributed by atoms with Gasteiger partial charge in [-0.05, 0) is 28.1 Å². The topological polar surface area (TPSA) is 18.5 Å². The van der Waals surface area contributed by atoms with Gasteiger partial charge in [-0.3, -0.25) is 0 Å². The van der Waals surface area contributed by atoms with E-state index in [0.29, 0.717) is 13.2 Å². The van der Waals surface area contributed by atoms with Crippen LogP contribution in [0.5, 0.6) is 11.5 Å². The van der Waals surface area contributed by atoms with E-state index in [1.54, 1.807) is 0 Å². The fourth-order valence-electron chi connectivity index (χ4n) is 2.35. The Morgan fingerprint density at radius 3 is 1.60 bits per heavy atom. The van der Waals surface area contributed by atoms with Crippen molar-refractivity contribution in [2.45, 2.75) is 13.2 Å². The standard InChI is InChI=1S/C22H17BrO2/c23-12-11-20-13-21(24-16-18-7-3-1-4-8-18)15-22(14-20)25-17-19-9-5-2-6-10-19/h1-10,13-15H,16-17H2. The lowest BCUT2D eigenvalue weighted by molar-refractivity contribution is 0.290. The van der Waals surface area contributed by atoms with Crippen molar-refractivity contribution in [3.8, 4) is 22.2 Å². The van der Waals surface area contributed by atoms with Crippen molar-refractivity contribution < 1.29 is 9.47 Å². The van der Waals surface area contributed by atoms with E-state index in [-0.39, 0.29) is 0 Å². The third-order valence-electron chi connectivity index (χ3n) is 3.57. The van der Waals surface area contributed by atoms with Gasteiger partial charge in [0.2, 0.25) is 0 Å². The molecule has 0 atom stereocenters. The first kappa shape index (κ1) is 17.1. The quantitative estimate of drug-likeness (QED) is 0.512. The van der Waals surface area contributed by atoms with Crippen LogP contribution in [0.25, 0.3) is 0 Å². The number of halogens is 1. The predicted molar refractivity (Wildman–Crippen MR) is 104 cm³/mol. The molecule has 2 nitrogen and oxygen atoms in total. The smallest absolute Gasteiger partial charge is 0.124 e. The molecule has 0 saturated carbocycles. The summed E-state index contributed by atoms with van der Waals surface area (Å²) in [5.74, 6) is 4.46. The highest BCUT2D eigenvalue weighted by Crippen LogP contribution is 2.24. The van der Waals surface area contributed by atoms with Crippen molar-refractivity contribution in [3.05, 3.63) is 95.6 Å². The molecular formula is C22H17BrO2. The molecule has 0 heterocycles. The molecule has 0 fully saturated rings. The van der Waals surface area contributed by atoms with E-state index in [4.69, 9.17) is 9.47 Å². The van der Waals surface area contributed by atoms with Crippen LogP contribution in [0.1, 0.15) is 16.7 Å². The minimum Gasteiger partial charge on any atom is -0.489 e. The third-order valence-corrected chi connectivity index (χ3v) is 3.77. The maximum atomic E-state index is 5.91. The normalized spacial score (nSPS) is 9.80. The zero-order valence-corrected chi connectivity index (χ0v) is 15.2. The van der Waals surface area contributed by atoms with Crippen molar-refractivity contribution in [3.63, 3.8) is 0 Å². The summed E-state index contributed by atoms with van der Waals surface area (Å²) < 4.78 is 11.8. The van der Waals surface area contributed by atoms with Gasteiger partial charge < -0.3 is 9.47 Å². The van der Waals surface area contributed by atoms with Crippen LogP contribution >= 0.6 is 15.9 Å². The molecule has 0 saturated heterocycles. The summed E-state index contributed by atoms with van der Waals surface area (Å²) in [4.78, 5) is 2.74. The summed E-state index contributed by atoms with van der Waals surface area (Å²) in [7, 11) is 0. The number of benzene rings is 3. The zero-order chi connectivity index (χ0) is 17.3. The highest BCUT2D eigenvalue weighted by molar-refractivity contribution is 9.12. The fraction of sp³-hybridized carbons (Fsp3) is 0.0909. The van der Waals surface area contributed by atoms with Crippen molar-refractivity contribution in [1.82, 2.24) is 0 Å². The average Bonchev–Trinajstić information content (AvgIpc) is 2.67. The van der Waals surface area contributed by atoms with Crippen molar-refractivity contribution in [2.75, 3.05) is 0 Å². The first-order chi connectivity index (χ1) is 12.3. The van der Waals surface area contributed by atoms with Crippen LogP contribution in [0.3, 0.4) is 0 Å². The maximum absolute atomic E-state index is 5.91. The third kappa shape index (κ3) is 5.41. The molecule has 0 N–H and O–H groups in total. The van der Waals surface area contributed by atoms with Crippen molar-refractivity contribution >= 4 is 15.9 Å². The number of hydrogen-bond donors (Lipinski definition) is 0. The summed E-state index contributed by atoms with van der Waals surface area (Å²) in [5, 5.41) is 0. The molecule has 0 aliphatic carbocycles. The molecular weight excluding hydrogens is 376 g/mol. The summed E-state index contributed by atoms with van der Waals surface area (Å²) in [6.45, 7) is 1.01. The van der Waals surface area contributed by atoms with Gasteiger partial charge in [-0.1, -0.05) is 66.6 Å². The molecule has 0 spiro atoms. The number of rotatable bonds is 6. The van der Waals surface area contributed by atoms with E-state index in [1.165, 1.54) is 0 Å². The van der Waals surface area contributed by atoms with Gasteiger partial charge in [0.25, 0.3) is 0 Å². The minimum absolute atomic E-state index is 0.504. The Kier molecular flexibility index (Phi) is 6.14. The molecule has 3 aromatic carbocycles. The Labute approximate surface area is 156 Å². The summed E-state index contributed by atoms with van der Waals surface area (Å²) in [6.07, 6.45) is 0. The minimum atomic E-state index is 0.504. The van der Waals surface area contributed by atoms with E-state index in [0.717, 1.165) is 28.2 Å². The van der Waals surface area contributed by atoms with Gasteiger partial charge in [0.15, 0.2) is 0 Å². The molecule has 3 aromatic rings. The molecule has 124 valence electrons. The van der Waals surface area contributed by atoms with Gasteiger partial charge in [-0.15, -0.1) is 0 Å². The van der Waals surface area contributed by atoms with Gasteiger partial charge in [0.05, 0.1) is 0 Å². The second-order valence-corrected chi connectivity index (χ2v) is 5.86. The van der Waals surface area contributed by atoms with Gasteiger partial charge >= 0.3 is 0 Å². The van der Waals surface area contributed by atoms with Gasteiger partial charge in [0, 0.05) is 27.6 Å². The molecule has 3 rings (SSSR count). The van der Waals surface area contributed by atoms with E-state index in [2.05, 4.69) is 26.7 Å². The first-order valence-corrected chi connectivity index (χ1v) is 8.73. The second kappa shape index (κ2) is 8.96. The van der Waals surface area contributed by atoms with Crippen LogP contribution in [-0.2, 0) is 13.2 Å². The monoisotopic (exact) mass is 392 g/mol. The predicted octanol–water partition coefficient (Wildman–Crippen LogP) is 5.55. The Morgan fingerprint density at radius 1 is 0.680 bits per heavy atom. The molecule has 0 aliphatic heterocycles. The van der Waals surface area contributed by atoms with Crippen LogP contribution in [-0.4, -0.2) is 0 Å². The van der Waals surface area contributed by atoms with Crippen LogP contribution in [0, 0.1) is 10.8 Å². The molecule has 25 heavy (non-hydrogen) atoms. The van der Waals surface area contributed by atoms with Crippen LogP contribution in [0.2, 0.25) is 0 Å². The lowest BCUT2D eigenvalue weighted by Gasteiger charge is -2.11. The highest BCUT2D eigenvalue weighted by atomic mass is 79.9. The van der Waals surface area contributed by atoms with E-state index >= 15 is 0 Å². The first-order valence-electron chi connectivity index (χ1n) is 7.94. The molecule has 0 amide bonds. The average molecular weight is 393 g/mol. The maximum Gasteiger partial charge on any atom is 0.124 e.